The van der Waals surface area contributed by atoms with Crippen molar-refractivity contribution in [1.82, 2.24) is 0 Å². The van der Waals surface area contributed by atoms with Crippen LogP contribution in [-0.2, 0) is 18.9 Å². The van der Waals surface area contributed by atoms with E-state index in [1.54, 1.807) is 0 Å². The summed E-state index contributed by atoms with van der Waals surface area (Å²) in [6.07, 6.45) is 5.56. The Balaban J connectivity index is 1.17. The second-order valence-electron chi connectivity index (χ2n) is 10.6. The van der Waals surface area contributed by atoms with Crippen LogP contribution in [0, 0.1) is 0 Å². The minimum Gasteiger partial charge on any atom is -0.465 e. The predicted octanol–water partition coefficient (Wildman–Crippen LogP) is 6.44. The molecular weight excluding hydrogens is 468 g/mol. The Kier molecular flexibility index (Phi) is 8.50. The zero-order valence-corrected chi connectivity index (χ0v) is 22.5. The van der Waals surface area contributed by atoms with Crippen LogP contribution >= 0.6 is 0 Å². The van der Waals surface area contributed by atoms with Crippen molar-refractivity contribution in [3.8, 4) is 11.5 Å². The summed E-state index contributed by atoms with van der Waals surface area (Å²) >= 11 is 0. The third-order valence-corrected chi connectivity index (χ3v) is 7.20. The molecule has 0 radical (unpaired) electrons. The van der Waals surface area contributed by atoms with Crippen LogP contribution in [0.25, 0.3) is 5.57 Å². The van der Waals surface area contributed by atoms with Gasteiger partial charge in [-0.2, -0.15) is 0 Å². The van der Waals surface area contributed by atoms with Crippen molar-refractivity contribution in [2.24, 2.45) is 0 Å². The fraction of sp³-hybridized carbons (Fsp3) is 0.548. The highest BCUT2D eigenvalue weighted by Crippen LogP contribution is 2.38. The van der Waals surface area contributed by atoms with E-state index in [1.165, 1.54) is 22.3 Å². The maximum Gasteiger partial charge on any atom is 0.197 e. The van der Waals surface area contributed by atoms with Gasteiger partial charge in [-0.1, -0.05) is 38.1 Å². The Morgan fingerprint density at radius 1 is 0.838 bits per heavy atom. The third-order valence-electron chi connectivity index (χ3n) is 7.20. The zero-order chi connectivity index (χ0) is 25.8. The van der Waals surface area contributed by atoms with E-state index in [4.69, 9.17) is 28.4 Å². The molecule has 2 aromatic carbocycles. The number of rotatable bonds is 13. The van der Waals surface area contributed by atoms with Crippen LogP contribution in [0.1, 0.15) is 75.5 Å². The van der Waals surface area contributed by atoms with Crippen molar-refractivity contribution in [1.29, 1.82) is 0 Å². The van der Waals surface area contributed by atoms with Crippen LogP contribution in [-0.4, -0.2) is 51.2 Å². The predicted molar refractivity (Wildman–Crippen MR) is 143 cm³/mol. The van der Waals surface area contributed by atoms with Crippen molar-refractivity contribution in [3.63, 3.8) is 0 Å². The molecule has 0 amide bonds. The maximum absolute atomic E-state index is 6.14. The summed E-state index contributed by atoms with van der Waals surface area (Å²) in [5.41, 5.74) is 5.30. The molecule has 200 valence electrons. The van der Waals surface area contributed by atoms with E-state index in [0.717, 1.165) is 44.0 Å². The van der Waals surface area contributed by atoms with Crippen LogP contribution in [0.4, 0.5) is 0 Å². The van der Waals surface area contributed by atoms with Gasteiger partial charge in [-0.25, -0.2) is 0 Å². The normalized spacial score (nSPS) is 24.4. The highest BCUT2D eigenvalue weighted by atomic mass is 16.7. The number of hydrogen-bond donors (Lipinski definition) is 0. The first-order chi connectivity index (χ1) is 17.9. The van der Waals surface area contributed by atoms with Crippen molar-refractivity contribution in [2.45, 2.75) is 83.6 Å². The molecule has 5 rings (SSSR count). The van der Waals surface area contributed by atoms with E-state index in [9.17, 15) is 0 Å². The van der Waals surface area contributed by atoms with E-state index in [0.29, 0.717) is 25.0 Å². The average molecular weight is 509 g/mol. The lowest BCUT2D eigenvalue weighted by molar-refractivity contribution is -0.0715. The Bertz CT molecular complexity index is 1050. The minimum absolute atomic E-state index is 0.238. The van der Waals surface area contributed by atoms with Crippen LogP contribution < -0.4 is 9.47 Å². The molecule has 0 spiro atoms. The standard InChI is InChI=1S/C31H40O6/c1-20(2)30-15-26(11-14-31(30)37-22(4)33-17-29-19-35-29)25-7-5-23(6-8-25)24-9-12-27(13-10-24)36-21(3)32-16-28-18-34-28/h7,9-15,20-23,28-29H,5-6,8,16-19H2,1-4H3. The van der Waals surface area contributed by atoms with Crippen molar-refractivity contribution >= 4 is 5.57 Å². The second kappa shape index (κ2) is 12.0. The molecule has 6 heteroatoms. The molecule has 2 saturated heterocycles. The number of hydrogen-bond acceptors (Lipinski definition) is 6. The van der Waals surface area contributed by atoms with E-state index in [1.807, 2.05) is 13.8 Å². The van der Waals surface area contributed by atoms with Crippen LogP contribution in [0.5, 0.6) is 11.5 Å². The molecule has 0 N–H and O–H groups in total. The highest BCUT2D eigenvalue weighted by Gasteiger charge is 2.25. The molecule has 0 aromatic heterocycles. The molecule has 2 aliphatic heterocycles. The molecule has 6 nitrogen and oxygen atoms in total. The largest absolute Gasteiger partial charge is 0.465 e. The lowest BCUT2D eigenvalue weighted by Gasteiger charge is -2.24. The number of allylic oxidation sites excluding steroid dienone is 2. The Morgan fingerprint density at radius 3 is 2.05 bits per heavy atom. The van der Waals surface area contributed by atoms with Gasteiger partial charge in [-0.15, -0.1) is 0 Å². The maximum atomic E-state index is 6.14. The first-order valence-electron chi connectivity index (χ1n) is 13.7. The lowest BCUT2D eigenvalue weighted by atomic mass is 9.82. The number of benzene rings is 2. The average Bonchev–Trinajstić information content (AvgIpc) is 3.82. The quantitative estimate of drug-likeness (QED) is 0.229. The van der Waals surface area contributed by atoms with Gasteiger partial charge in [0, 0.05) is 0 Å². The van der Waals surface area contributed by atoms with Gasteiger partial charge in [0.1, 0.15) is 23.7 Å². The van der Waals surface area contributed by atoms with Crippen molar-refractivity contribution in [3.05, 3.63) is 65.2 Å². The number of epoxide rings is 2. The van der Waals surface area contributed by atoms with Crippen molar-refractivity contribution < 1.29 is 28.4 Å². The first-order valence-corrected chi connectivity index (χ1v) is 13.7. The molecule has 37 heavy (non-hydrogen) atoms. The van der Waals surface area contributed by atoms with Gasteiger partial charge >= 0.3 is 0 Å². The van der Waals surface area contributed by atoms with Crippen LogP contribution in [0.15, 0.2) is 48.5 Å². The van der Waals surface area contributed by atoms with E-state index < -0.39 is 0 Å². The van der Waals surface area contributed by atoms with Crippen LogP contribution in [0.3, 0.4) is 0 Å². The summed E-state index contributed by atoms with van der Waals surface area (Å²) in [4.78, 5) is 0. The number of ether oxygens (including phenoxy) is 6. The monoisotopic (exact) mass is 508 g/mol. The summed E-state index contributed by atoms with van der Waals surface area (Å²) in [6.45, 7) is 11.1. The van der Waals surface area contributed by atoms with Gasteiger partial charge in [0.15, 0.2) is 12.6 Å². The fourth-order valence-corrected chi connectivity index (χ4v) is 4.78. The molecule has 1 aliphatic carbocycles. The van der Waals surface area contributed by atoms with E-state index in [-0.39, 0.29) is 24.8 Å². The minimum atomic E-state index is -0.299. The SMILES string of the molecule is CC(OCC1CO1)Oc1ccc(C2CC=C(c3ccc(OC(C)OCC4CO4)c(C(C)C)c3)CC2)cc1. The molecule has 2 aromatic rings. The first kappa shape index (κ1) is 26.2. The molecule has 2 fully saturated rings. The summed E-state index contributed by atoms with van der Waals surface area (Å²) in [5.74, 6) is 2.63. The Hall–Kier alpha value is -2.38. The molecule has 3 aliphatic rings. The van der Waals surface area contributed by atoms with Crippen LogP contribution in [0.2, 0.25) is 0 Å². The Morgan fingerprint density at radius 2 is 1.49 bits per heavy atom. The van der Waals surface area contributed by atoms with E-state index >= 15 is 0 Å². The van der Waals surface area contributed by atoms with Gasteiger partial charge in [0.2, 0.25) is 0 Å². The summed E-state index contributed by atoms with van der Waals surface area (Å²) in [5, 5.41) is 0. The molecular formula is C31H40O6. The lowest BCUT2D eigenvalue weighted by Crippen LogP contribution is -2.20. The molecule has 0 bridgehead atoms. The Labute approximate surface area is 220 Å². The fourth-order valence-electron chi connectivity index (χ4n) is 4.78. The molecule has 5 unspecified atom stereocenters. The zero-order valence-electron chi connectivity index (χ0n) is 22.5. The van der Waals surface area contributed by atoms with Gasteiger partial charge in [-0.3, -0.25) is 0 Å². The van der Waals surface area contributed by atoms with E-state index in [2.05, 4.69) is 62.4 Å². The smallest absolute Gasteiger partial charge is 0.197 e. The van der Waals surface area contributed by atoms with Gasteiger partial charge < -0.3 is 28.4 Å². The van der Waals surface area contributed by atoms with Crippen molar-refractivity contribution in [2.75, 3.05) is 26.4 Å². The molecule has 2 heterocycles. The summed E-state index contributed by atoms with van der Waals surface area (Å²) in [6, 6.07) is 15.1. The third kappa shape index (κ3) is 7.57. The second-order valence-corrected chi connectivity index (χ2v) is 10.6. The highest BCUT2D eigenvalue weighted by molar-refractivity contribution is 5.68. The van der Waals surface area contributed by atoms with Gasteiger partial charge in [0.25, 0.3) is 0 Å². The summed E-state index contributed by atoms with van der Waals surface area (Å²) in [7, 11) is 0. The van der Waals surface area contributed by atoms with Gasteiger partial charge in [0.05, 0.1) is 26.4 Å². The molecule has 5 atom stereocenters. The molecule has 0 saturated carbocycles. The summed E-state index contributed by atoms with van der Waals surface area (Å²) < 4.78 is 33.9. The van der Waals surface area contributed by atoms with Gasteiger partial charge in [-0.05, 0) is 91.5 Å². The topological polar surface area (TPSA) is 62.0 Å².